The van der Waals surface area contributed by atoms with Gasteiger partial charge in [0.15, 0.2) is 11.0 Å². The molecule has 2 heterocycles. The Morgan fingerprint density at radius 2 is 2.11 bits per heavy atom. The Morgan fingerprint density at radius 1 is 1.32 bits per heavy atom. The van der Waals surface area contributed by atoms with E-state index < -0.39 is 0 Å². The van der Waals surface area contributed by atoms with Crippen molar-refractivity contribution < 1.29 is 9.18 Å². The normalized spacial score (nSPS) is 11.2. The molecule has 0 aliphatic heterocycles. The van der Waals surface area contributed by atoms with Crippen LogP contribution in [0.4, 0.5) is 4.39 Å². The fraction of sp³-hybridized carbons (Fsp3) is 0.368. The van der Waals surface area contributed by atoms with Gasteiger partial charge in [-0.05, 0) is 24.5 Å². The average Bonchev–Trinajstić information content (AvgIpc) is 3.25. The van der Waals surface area contributed by atoms with E-state index in [9.17, 15) is 9.18 Å². The molecule has 9 heteroatoms. The van der Waals surface area contributed by atoms with Crippen LogP contribution < -0.4 is 5.32 Å². The number of amides is 1. The first kappa shape index (κ1) is 20.5. The molecule has 0 aliphatic rings. The second kappa shape index (κ2) is 9.29. The first-order valence-corrected chi connectivity index (χ1v) is 10.8. The minimum absolute atomic E-state index is 0.226. The van der Waals surface area contributed by atoms with Crippen molar-refractivity contribution in [2.75, 3.05) is 0 Å². The van der Waals surface area contributed by atoms with Crippen LogP contribution in [-0.2, 0) is 18.8 Å². The van der Waals surface area contributed by atoms with Crippen molar-refractivity contribution >= 4 is 29.0 Å². The van der Waals surface area contributed by atoms with Crippen LogP contribution in [0.15, 0.2) is 34.8 Å². The maximum atomic E-state index is 13.9. The predicted octanol–water partition coefficient (Wildman–Crippen LogP) is 4.06. The second-order valence-electron chi connectivity index (χ2n) is 6.72. The Bertz CT molecular complexity index is 953. The van der Waals surface area contributed by atoms with Crippen LogP contribution in [0.5, 0.6) is 0 Å². The number of halogens is 1. The van der Waals surface area contributed by atoms with Gasteiger partial charge in [-0.2, -0.15) is 0 Å². The monoisotopic (exact) mass is 419 g/mol. The lowest BCUT2D eigenvalue weighted by atomic mass is 10.2. The van der Waals surface area contributed by atoms with Crippen LogP contribution >= 0.6 is 23.1 Å². The van der Waals surface area contributed by atoms with E-state index in [1.807, 2.05) is 17.6 Å². The van der Waals surface area contributed by atoms with Crippen LogP contribution in [0.25, 0.3) is 0 Å². The van der Waals surface area contributed by atoms with E-state index in [1.54, 1.807) is 17.5 Å². The number of nitrogens with zero attached hydrogens (tertiary/aromatic N) is 4. The third-order valence-electron chi connectivity index (χ3n) is 3.91. The van der Waals surface area contributed by atoms with E-state index in [1.165, 1.54) is 29.2 Å². The van der Waals surface area contributed by atoms with Gasteiger partial charge in [0, 0.05) is 17.7 Å². The lowest BCUT2D eigenvalue weighted by Crippen LogP contribution is -2.25. The average molecular weight is 420 g/mol. The van der Waals surface area contributed by atoms with Gasteiger partial charge >= 0.3 is 0 Å². The topological polar surface area (TPSA) is 72.7 Å². The number of hydrogen-bond acceptors (Lipinski definition) is 6. The summed E-state index contributed by atoms with van der Waals surface area (Å²) in [6.07, 6.45) is 0. The van der Waals surface area contributed by atoms with Crippen molar-refractivity contribution in [3.63, 3.8) is 0 Å². The molecule has 0 unspecified atom stereocenters. The van der Waals surface area contributed by atoms with Gasteiger partial charge in [0.05, 0.1) is 11.6 Å². The van der Waals surface area contributed by atoms with Gasteiger partial charge in [-0.15, -0.1) is 21.5 Å². The molecule has 0 bridgehead atoms. The van der Waals surface area contributed by atoms with E-state index in [0.29, 0.717) is 40.5 Å². The molecule has 0 saturated carbocycles. The number of benzene rings is 1. The van der Waals surface area contributed by atoms with Crippen LogP contribution in [0.2, 0.25) is 0 Å². The second-order valence-corrected chi connectivity index (χ2v) is 8.72. The Hall–Kier alpha value is -2.26. The van der Waals surface area contributed by atoms with Gasteiger partial charge in [0.2, 0.25) is 0 Å². The van der Waals surface area contributed by atoms with Crippen molar-refractivity contribution in [1.82, 2.24) is 25.1 Å². The molecule has 28 heavy (non-hydrogen) atoms. The quantitative estimate of drug-likeness (QED) is 0.558. The molecule has 3 rings (SSSR count). The fourth-order valence-corrected chi connectivity index (χ4v) is 4.13. The Kier molecular flexibility index (Phi) is 6.79. The van der Waals surface area contributed by atoms with Crippen molar-refractivity contribution in [1.29, 1.82) is 0 Å². The van der Waals surface area contributed by atoms with Crippen molar-refractivity contribution in [3.8, 4) is 0 Å². The molecule has 148 valence electrons. The smallest absolute Gasteiger partial charge is 0.271 e. The summed E-state index contributed by atoms with van der Waals surface area (Å²) in [5.74, 6) is 1.05. The highest BCUT2D eigenvalue weighted by Gasteiger charge is 2.16. The maximum Gasteiger partial charge on any atom is 0.271 e. The SMILES string of the molecule is Cc1nc(C(=O)NCc2nnc(SCc3ccccc3F)n2CC(C)C)cs1. The number of rotatable bonds is 8. The Balaban J connectivity index is 1.70. The zero-order valence-corrected chi connectivity index (χ0v) is 17.6. The van der Waals surface area contributed by atoms with Crippen LogP contribution in [0, 0.1) is 18.7 Å². The molecule has 0 atom stereocenters. The summed E-state index contributed by atoms with van der Waals surface area (Å²) >= 11 is 2.87. The van der Waals surface area contributed by atoms with Gasteiger partial charge in [0.1, 0.15) is 11.5 Å². The fourth-order valence-electron chi connectivity index (χ4n) is 2.58. The molecule has 3 aromatic rings. The molecular formula is C19H22FN5OS2. The predicted molar refractivity (Wildman–Crippen MR) is 109 cm³/mol. The highest BCUT2D eigenvalue weighted by molar-refractivity contribution is 7.98. The first-order chi connectivity index (χ1) is 13.4. The highest BCUT2D eigenvalue weighted by Crippen LogP contribution is 2.24. The third-order valence-corrected chi connectivity index (χ3v) is 5.70. The van der Waals surface area contributed by atoms with Gasteiger partial charge in [0.25, 0.3) is 5.91 Å². The molecule has 2 aromatic heterocycles. The molecule has 0 fully saturated rings. The molecule has 0 radical (unpaired) electrons. The number of carbonyl (C=O) groups excluding carboxylic acids is 1. The summed E-state index contributed by atoms with van der Waals surface area (Å²) in [5, 5.41) is 14.6. The number of thioether (sulfide) groups is 1. The molecule has 6 nitrogen and oxygen atoms in total. The van der Waals surface area contributed by atoms with E-state index in [4.69, 9.17) is 0 Å². The Labute approximate surface area is 171 Å². The summed E-state index contributed by atoms with van der Waals surface area (Å²) in [6.45, 7) is 7.04. The third kappa shape index (κ3) is 5.17. The van der Waals surface area contributed by atoms with Crippen molar-refractivity contribution in [2.45, 2.75) is 44.8 Å². The molecule has 0 saturated heterocycles. The molecule has 1 amide bonds. The lowest BCUT2D eigenvalue weighted by molar-refractivity contribution is 0.0945. The molecule has 0 aliphatic carbocycles. The number of nitrogens with one attached hydrogen (secondary N) is 1. The van der Waals surface area contributed by atoms with Crippen LogP contribution in [-0.4, -0.2) is 25.7 Å². The molecule has 1 aromatic carbocycles. The van der Waals surface area contributed by atoms with E-state index >= 15 is 0 Å². The van der Waals surface area contributed by atoms with Crippen molar-refractivity contribution in [2.24, 2.45) is 5.92 Å². The number of hydrogen-bond donors (Lipinski definition) is 1. The maximum absolute atomic E-state index is 13.9. The first-order valence-electron chi connectivity index (χ1n) is 8.92. The summed E-state index contributed by atoms with van der Waals surface area (Å²) in [4.78, 5) is 16.4. The lowest BCUT2D eigenvalue weighted by Gasteiger charge is -2.13. The molecular weight excluding hydrogens is 397 g/mol. The molecule has 1 N–H and O–H groups in total. The van der Waals surface area contributed by atoms with Gasteiger partial charge < -0.3 is 9.88 Å². The number of aryl methyl sites for hydroxylation is 1. The zero-order chi connectivity index (χ0) is 20.1. The van der Waals surface area contributed by atoms with Crippen LogP contribution in [0.1, 0.15) is 40.7 Å². The number of aromatic nitrogens is 4. The summed E-state index contributed by atoms with van der Waals surface area (Å²) in [7, 11) is 0. The summed E-state index contributed by atoms with van der Waals surface area (Å²) < 4.78 is 15.9. The number of carbonyl (C=O) groups is 1. The largest absolute Gasteiger partial charge is 0.343 e. The summed E-state index contributed by atoms with van der Waals surface area (Å²) in [5.41, 5.74) is 1.03. The highest BCUT2D eigenvalue weighted by atomic mass is 32.2. The van der Waals surface area contributed by atoms with Crippen LogP contribution in [0.3, 0.4) is 0 Å². The number of thiazole rings is 1. The van der Waals surface area contributed by atoms with Gasteiger partial charge in [-0.1, -0.05) is 43.8 Å². The van der Waals surface area contributed by atoms with E-state index in [2.05, 4.69) is 34.3 Å². The zero-order valence-electron chi connectivity index (χ0n) is 16.0. The van der Waals surface area contributed by atoms with Crippen molar-refractivity contribution in [3.05, 3.63) is 57.6 Å². The van der Waals surface area contributed by atoms with Gasteiger partial charge in [-0.25, -0.2) is 9.37 Å². The standard InChI is InChI=1S/C19H22FN5OS2/c1-12(2)9-25-17(8-21-18(26)16-11-27-13(3)22-16)23-24-19(25)28-10-14-6-4-5-7-15(14)20/h4-7,11-12H,8-10H2,1-3H3,(H,21,26). The van der Waals surface area contributed by atoms with E-state index in [0.717, 1.165) is 5.01 Å². The van der Waals surface area contributed by atoms with Gasteiger partial charge in [-0.3, -0.25) is 4.79 Å². The minimum atomic E-state index is -0.232. The molecule has 0 spiro atoms. The Morgan fingerprint density at radius 3 is 2.79 bits per heavy atom. The van der Waals surface area contributed by atoms with E-state index in [-0.39, 0.29) is 18.3 Å². The summed E-state index contributed by atoms with van der Waals surface area (Å²) in [6, 6.07) is 6.71. The minimum Gasteiger partial charge on any atom is -0.343 e.